The first-order chi connectivity index (χ1) is 22.6. The first-order valence-corrected chi connectivity index (χ1v) is 14.9. The molecule has 4 aromatic rings. The quantitative estimate of drug-likeness (QED) is 0.0726. The van der Waals surface area contributed by atoms with Crippen molar-refractivity contribution in [2.75, 3.05) is 37.7 Å². The smallest absolute Gasteiger partial charge is 0.339 e. The number of phenols is 1. The van der Waals surface area contributed by atoms with Gasteiger partial charge in [0.15, 0.2) is 11.5 Å². The van der Waals surface area contributed by atoms with Crippen molar-refractivity contribution >= 4 is 52.9 Å². The molecule has 0 saturated heterocycles. The Bertz CT molecular complexity index is 1810. The molecule has 5 N–H and O–H groups in total. The average molecular weight is 658 g/mol. The first-order valence-electron chi connectivity index (χ1n) is 13.9. The second-order valence-corrected chi connectivity index (χ2v) is 10.7. The number of carboxylic acids is 1. The van der Waals surface area contributed by atoms with E-state index in [-0.39, 0.29) is 28.6 Å². The van der Waals surface area contributed by atoms with E-state index in [4.69, 9.17) is 19.3 Å². The van der Waals surface area contributed by atoms with Crippen molar-refractivity contribution in [3.8, 4) is 23.0 Å². The van der Waals surface area contributed by atoms with Crippen LogP contribution in [0.2, 0.25) is 0 Å². The molecule has 0 aliphatic rings. The van der Waals surface area contributed by atoms with Gasteiger partial charge >= 0.3 is 5.97 Å². The fraction of sp³-hybridized carbons (Fsp3) is 0.118. The van der Waals surface area contributed by atoms with Gasteiger partial charge in [0.1, 0.15) is 22.8 Å². The van der Waals surface area contributed by atoms with Crippen LogP contribution in [-0.2, 0) is 9.59 Å². The maximum atomic E-state index is 13.5. The largest absolute Gasteiger partial charge is 0.507 e. The summed E-state index contributed by atoms with van der Waals surface area (Å²) in [5, 5.41) is 26.9. The fourth-order valence-electron chi connectivity index (χ4n) is 4.23. The highest BCUT2D eigenvalue weighted by Gasteiger charge is 2.18. The van der Waals surface area contributed by atoms with Gasteiger partial charge in [0.2, 0.25) is 5.91 Å². The third-order valence-electron chi connectivity index (χ3n) is 6.56. The molecule has 0 unspecified atom stereocenters. The fourth-order valence-corrected chi connectivity index (χ4v) is 4.93. The third kappa shape index (κ3) is 9.05. The van der Waals surface area contributed by atoms with Crippen LogP contribution in [0.5, 0.6) is 23.0 Å². The molecule has 3 amide bonds. The number of benzene rings is 4. The second kappa shape index (κ2) is 15.9. The number of carbonyl (C=O) groups is 4. The molecular formula is C34H31N3O9S. The van der Waals surface area contributed by atoms with Gasteiger partial charge in [0.05, 0.1) is 27.1 Å². The molecule has 4 aromatic carbocycles. The van der Waals surface area contributed by atoms with Gasteiger partial charge in [-0.2, -0.15) is 0 Å². The number of thioether (sulfide) groups is 1. The third-order valence-corrected chi connectivity index (χ3v) is 7.57. The summed E-state index contributed by atoms with van der Waals surface area (Å²) >= 11 is 1.22. The van der Waals surface area contributed by atoms with Gasteiger partial charge in [0.25, 0.3) is 11.8 Å². The predicted molar refractivity (Wildman–Crippen MR) is 177 cm³/mol. The molecule has 13 heteroatoms. The lowest BCUT2D eigenvalue weighted by molar-refractivity contribution is -0.114. The Morgan fingerprint density at radius 1 is 0.766 bits per heavy atom. The minimum Gasteiger partial charge on any atom is -0.507 e. The number of carbonyl (C=O) groups excluding carboxylic acids is 3. The summed E-state index contributed by atoms with van der Waals surface area (Å²) < 4.78 is 16.2. The number of methoxy groups -OCH3 is 3. The number of nitrogens with one attached hydrogen (secondary N) is 3. The molecule has 0 heterocycles. The van der Waals surface area contributed by atoms with Crippen LogP contribution in [0.25, 0.3) is 6.08 Å². The average Bonchev–Trinajstić information content (AvgIpc) is 3.08. The molecule has 47 heavy (non-hydrogen) atoms. The highest BCUT2D eigenvalue weighted by atomic mass is 32.2. The van der Waals surface area contributed by atoms with Crippen molar-refractivity contribution in [3.05, 3.63) is 107 Å². The van der Waals surface area contributed by atoms with Gasteiger partial charge in [-0.05, 0) is 66.7 Å². The Kier molecular flexibility index (Phi) is 11.5. The van der Waals surface area contributed by atoms with Gasteiger partial charge in [-0.25, -0.2) is 4.79 Å². The summed E-state index contributed by atoms with van der Waals surface area (Å²) in [7, 11) is 4.43. The number of carboxylic acid groups (broad SMARTS) is 1. The monoisotopic (exact) mass is 657 g/mol. The molecular weight excluding hydrogens is 626 g/mol. The maximum Gasteiger partial charge on any atom is 0.339 e. The summed E-state index contributed by atoms with van der Waals surface area (Å²) in [6, 6.07) is 22.1. The van der Waals surface area contributed by atoms with E-state index in [9.17, 15) is 24.3 Å². The summed E-state index contributed by atoms with van der Waals surface area (Å²) in [6.07, 6.45) is 1.47. The Labute approximate surface area is 274 Å². The Hall–Kier alpha value is -5.95. The van der Waals surface area contributed by atoms with E-state index in [0.717, 1.165) is 4.90 Å². The molecule has 0 fully saturated rings. The maximum absolute atomic E-state index is 13.5. The molecule has 4 rings (SSSR count). The lowest BCUT2D eigenvalue weighted by atomic mass is 10.1. The van der Waals surface area contributed by atoms with Crippen molar-refractivity contribution in [2.45, 2.75) is 4.90 Å². The van der Waals surface area contributed by atoms with Crippen molar-refractivity contribution in [1.29, 1.82) is 0 Å². The van der Waals surface area contributed by atoms with Crippen LogP contribution < -0.4 is 30.2 Å². The van der Waals surface area contributed by atoms with E-state index < -0.39 is 23.5 Å². The van der Waals surface area contributed by atoms with Crippen LogP contribution in [0.15, 0.2) is 95.5 Å². The Morgan fingerprint density at radius 3 is 2.04 bits per heavy atom. The number of amides is 3. The molecule has 0 aliphatic heterocycles. The molecule has 0 spiro atoms. The second-order valence-electron chi connectivity index (χ2n) is 9.68. The number of aromatic hydroxyl groups is 1. The summed E-state index contributed by atoms with van der Waals surface area (Å²) in [5.41, 5.74) is 1.06. The zero-order valence-corrected chi connectivity index (χ0v) is 26.3. The number of rotatable bonds is 13. The van der Waals surface area contributed by atoms with Gasteiger partial charge in [-0.3, -0.25) is 14.4 Å². The number of hydrogen-bond acceptors (Lipinski definition) is 9. The highest BCUT2D eigenvalue weighted by Crippen LogP contribution is 2.35. The van der Waals surface area contributed by atoms with Crippen LogP contribution in [0, 0.1) is 0 Å². The lowest BCUT2D eigenvalue weighted by Gasteiger charge is -2.15. The van der Waals surface area contributed by atoms with Crippen LogP contribution in [0.3, 0.4) is 0 Å². The first kappa shape index (κ1) is 33.9. The standard InChI is InChI=1S/C34H31N3O9S/c1-44-28-18-30(46-3)29(45-2)16-21(28)15-26(37-32(40)20-7-5-4-6-8-20)33(41)36-22-9-12-24(13-10-22)47-19-31(39)35-23-11-14-27(38)25(17-23)34(42)43/h4-18,38H,19H2,1-3H3,(H,35,39)(H,36,41)(H,37,40)(H,42,43)/b26-15-. The van der Waals surface area contributed by atoms with Gasteiger partial charge in [0, 0.05) is 33.5 Å². The van der Waals surface area contributed by atoms with E-state index in [1.54, 1.807) is 66.7 Å². The topological polar surface area (TPSA) is 173 Å². The van der Waals surface area contributed by atoms with E-state index in [2.05, 4.69) is 16.0 Å². The lowest BCUT2D eigenvalue weighted by Crippen LogP contribution is -2.30. The SMILES string of the molecule is COc1cc(OC)c(OC)cc1/C=C(\NC(=O)c1ccccc1)C(=O)Nc1ccc(SCC(=O)Nc2ccc(O)c(C(=O)O)c2)cc1. The zero-order chi connectivity index (χ0) is 33.9. The summed E-state index contributed by atoms with van der Waals surface area (Å²) in [4.78, 5) is 51.0. The van der Waals surface area contributed by atoms with Crippen LogP contribution >= 0.6 is 11.8 Å². The molecule has 0 atom stereocenters. The minimum atomic E-state index is -1.32. The molecule has 242 valence electrons. The van der Waals surface area contributed by atoms with Crippen molar-refractivity contribution in [1.82, 2.24) is 5.32 Å². The zero-order valence-electron chi connectivity index (χ0n) is 25.5. The van der Waals surface area contributed by atoms with E-state index >= 15 is 0 Å². The Balaban J connectivity index is 1.48. The number of ether oxygens (including phenoxy) is 3. The van der Waals surface area contributed by atoms with Crippen LogP contribution in [0.1, 0.15) is 26.3 Å². The normalized spacial score (nSPS) is 10.8. The number of hydrogen-bond donors (Lipinski definition) is 5. The van der Waals surface area contributed by atoms with Crippen LogP contribution in [0.4, 0.5) is 11.4 Å². The van der Waals surface area contributed by atoms with Crippen molar-refractivity contribution in [3.63, 3.8) is 0 Å². The van der Waals surface area contributed by atoms with Crippen molar-refractivity contribution < 1.29 is 43.6 Å². The molecule has 12 nitrogen and oxygen atoms in total. The highest BCUT2D eigenvalue weighted by molar-refractivity contribution is 8.00. The molecule has 0 radical (unpaired) electrons. The van der Waals surface area contributed by atoms with Gasteiger partial charge in [-0.1, -0.05) is 18.2 Å². The molecule has 0 saturated carbocycles. The van der Waals surface area contributed by atoms with E-state index in [0.29, 0.717) is 34.1 Å². The van der Waals surface area contributed by atoms with Gasteiger partial charge in [-0.15, -0.1) is 11.8 Å². The van der Waals surface area contributed by atoms with Crippen LogP contribution in [-0.4, -0.2) is 61.0 Å². The predicted octanol–water partition coefficient (Wildman–Crippen LogP) is 5.26. The van der Waals surface area contributed by atoms with E-state index in [1.165, 1.54) is 57.4 Å². The molecule has 0 bridgehead atoms. The number of anilines is 2. The van der Waals surface area contributed by atoms with E-state index in [1.807, 2.05) is 0 Å². The van der Waals surface area contributed by atoms with Crippen molar-refractivity contribution in [2.24, 2.45) is 0 Å². The number of aromatic carboxylic acids is 1. The summed E-state index contributed by atoms with van der Waals surface area (Å²) in [5.74, 6) is -2.01. The minimum absolute atomic E-state index is 0.0144. The summed E-state index contributed by atoms with van der Waals surface area (Å²) in [6.45, 7) is 0. The Morgan fingerprint density at radius 2 is 1.40 bits per heavy atom. The molecule has 0 aliphatic carbocycles. The van der Waals surface area contributed by atoms with Gasteiger partial charge < -0.3 is 40.4 Å². The molecule has 0 aromatic heterocycles.